The number of ether oxygens (including phenoxy) is 2. The first-order valence-corrected chi connectivity index (χ1v) is 10.4. The van der Waals surface area contributed by atoms with Crippen molar-refractivity contribution in [1.29, 1.82) is 0 Å². The number of amides is 4. The summed E-state index contributed by atoms with van der Waals surface area (Å²) in [6, 6.07) is 17.6. The van der Waals surface area contributed by atoms with Gasteiger partial charge < -0.3 is 14.6 Å². The Labute approximate surface area is 196 Å². The van der Waals surface area contributed by atoms with E-state index in [9.17, 15) is 19.5 Å². The van der Waals surface area contributed by atoms with Crippen LogP contribution in [0.15, 0.2) is 72.3 Å². The SMILES string of the molecule is COc1cc(/C=C2\C(=O)NC(=O)N(c3ccc(O)cc3)C2=O)ccc1OCc1cccc(C)c1. The fourth-order valence-electron chi connectivity index (χ4n) is 3.52. The van der Waals surface area contributed by atoms with Gasteiger partial charge in [-0.2, -0.15) is 0 Å². The molecule has 0 aliphatic carbocycles. The van der Waals surface area contributed by atoms with Crippen LogP contribution in [0.4, 0.5) is 10.5 Å². The van der Waals surface area contributed by atoms with E-state index < -0.39 is 17.8 Å². The molecule has 3 aromatic carbocycles. The number of rotatable bonds is 6. The minimum atomic E-state index is -0.865. The van der Waals surface area contributed by atoms with Gasteiger partial charge in [0.05, 0.1) is 12.8 Å². The third-order valence-electron chi connectivity index (χ3n) is 5.19. The summed E-state index contributed by atoms with van der Waals surface area (Å²) < 4.78 is 11.3. The second kappa shape index (κ2) is 9.50. The summed E-state index contributed by atoms with van der Waals surface area (Å²) in [5.74, 6) is -0.664. The van der Waals surface area contributed by atoms with Gasteiger partial charge in [0.15, 0.2) is 11.5 Å². The maximum atomic E-state index is 13.0. The average Bonchev–Trinajstić information content (AvgIpc) is 2.82. The molecule has 0 saturated carbocycles. The summed E-state index contributed by atoms with van der Waals surface area (Å²) >= 11 is 0. The first-order chi connectivity index (χ1) is 16.4. The quantitative estimate of drug-likeness (QED) is 0.428. The van der Waals surface area contributed by atoms with E-state index in [4.69, 9.17) is 9.47 Å². The van der Waals surface area contributed by atoms with Crippen LogP contribution >= 0.6 is 0 Å². The molecule has 1 fully saturated rings. The molecule has 0 aromatic heterocycles. The zero-order valence-corrected chi connectivity index (χ0v) is 18.6. The third-order valence-corrected chi connectivity index (χ3v) is 5.19. The average molecular weight is 458 g/mol. The van der Waals surface area contributed by atoms with Gasteiger partial charge in [0.1, 0.15) is 17.9 Å². The maximum absolute atomic E-state index is 13.0. The Kier molecular flexibility index (Phi) is 6.31. The number of anilines is 1. The smallest absolute Gasteiger partial charge is 0.335 e. The number of benzene rings is 3. The lowest BCUT2D eigenvalue weighted by atomic mass is 10.1. The van der Waals surface area contributed by atoms with Crippen LogP contribution in [0.1, 0.15) is 16.7 Å². The molecule has 172 valence electrons. The molecule has 1 saturated heterocycles. The molecule has 1 aliphatic heterocycles. The van der Waals surface area contributed by atoms with Crippen LogP contribution in [0.2, 0.25) is 0 Å². The zero-order chi connectivity index (χ0) is 24.2. The zero-order valence-electron chi connectivity index (χ0n) is 18.6. The predicted octanol–water partition coefficient (Wildman–Crippen LogP) is 3.95. The fourth-order valence-corrected chi connectivity index (χ4v) is 3.52. The number of urea groups is 1. The third kappa shape index (κ3) is 4.75. The van der Waals surface area contributed by atoms with Crippen molar-refractivity contribution in [2.45, 2.75) is 13.5 Å². The van der Waals surface area contributed by atoms with Crippen molar-refractivity contribution < 1.29 is 29.0 Å². The van der Waals surface area contributed by atoms with Crippen molar-refractivity contribution in [3.8, 4) is 17.2 Å². The molecule has 2 N–H and O–H groups in total. The Hall–Kier alpha value is -4.59. The molecular formula is C26H22N2O6. The number of aromatic hydroxyl groups is 1. The van der Waals surface area contributed by atoms with E-state index in [0.717, 1.165) is 16.0 Å². The highest BCUT2D eigenvalue weighted by molar-refractivity contribution is 6.39. The molecule has 0 radical (unpaired) electrons. The second-order valence-electron chi connectivity index (χ2n) is 7.66. The van der Waals surface area contributed by atoms with Gasteiger partial charge in [-0.3, -0.25) is 14.9 Å². The minimum Gasteiger partial charge on any atom is -0.508 e. The Morgan fingerprint density at radius 2 is 1.74 bits per heavy atom. The Morgan fingerprint density at radius 1 is 0.971 bits per heavy atom. The molecule has 1 heterocycles. The number of methoxy groups -OCH3 is 1. The number of nitrogens with one attached hydrogen (secondary N) is 1. The van der Waals surface area contributed by atoms with Crippen LogP contribution in [0.5, 0.6) is 17.2 Å². The number of phenolic OH excluding ortho intramolecular Hbond substituents is 1. The molecule has 4 amide bonds. The lowest BCUT2D eigenvalue weighted by molar-refractivity contribution is -0.122. The van der Waals surface area contributed by atoms with Crippen molar-refractivity contribution in [3.63, 3.8) is 0 Å². The van der Waals surface area contributed by atoms with Crippen molar-refractivity contribution in [3.05, 3.63) is 89.0 Å². The number of barbiturate groups is 1. The van der Waals surface area contributed by atoms with Crippen LogP contribution in [-0.2, 0) is 16.2 Å². The molecule has 8 nitrogen and oxygen atoms in total. The largest absolute Gasteiger partial charge is 0.508 e. The predicted molar refractivity (Wildman–Crippen MR) is 126 cm³/mol. The van der Waals surface area contributed by atoms with E-state index in [0.29, 0.717) is 23.7 Å². The number of imide groups is 2. The van der Waals surface area contributed by atoms with Gasteiger partial charge in [-0.15, -0.1) is 0 Å². The highest BCUT2D eigenvalue weighted by atomic mass is 16.5. The second-order valence-corrected chi connectivity index (χ2v) is 7.66. The van der Waals surface area contributed by atoms with Crippen LogP contribution in [0, 0.1) is 6.92 Å². The molecule has 0 spiro atoms. The van der Waals surface area contributed by atoms with Crippen molar-refractivity contribution in [1.82, 2.24) is 5.32 Å². The summed E-state index contributed by atoms with van der Waals surface area (Å²) in [6.07, 6.45) is 1.38. The Morgan fingerprint density at radius 3 is 2.44 bits per heavy atom. The summed E-state index contributed by atoms with van der Waals surface area (Å²) in [6.45, 7) is 2.36. The molecule has 0 unspecified atom stereocenters. The van der Waals surface area contributed by atoms with Gasteiger partial charge in [-0.25, -0.2) is 9.69 Å². The van der Waals surface area contributed by atoms with E-state index in [-0.39, 0.29) is 17.0 Å². The topological polar surface area (TPSA) is 105 Å². The number of hydrogen-bond donors (Lipinski definition) is 2. The monoisotopic (exact) mass is 458 g/mol. The van der Waals surface area contributed by atoms with Crippen molar-refractivity contribution in [2.75, 3.05) is 12.0 Å². The maximum Gasteiger partial charge on any atom is 0.335 e. The van der Waals surface area contributed by atoms with Crippen LogP contribution < -0.4 is 19.7 Å². The van der Waals surface area contributed by atoms with Gasteiger partial charge in [-0.05, 0) is 60.5 Å². The van der Waals surface area contributed by atoms with E-state index in [2.05, 4.69) is 5.32 Å². The number of nitrogens with zero attached hydrogens (tertiary/aromatic N) is 1. The minimum absolute atomic E-state index is 0.0164. The highest BCUT2D eigenvalue weighted by Crippen LogP contribution is 2.31. The number of carbonyl (C=O) groups is 3. The number of aryl methyl sites for hydroxylation is 1. The normalized spacial score (nSPS) is 14.8. The molecule has 0 atom stereocenters. The lowest BCUT2D eigenvalue weighted by Crippen LogP contribution is -2.54. The molecule has 4 rings (SSSR count). The van der Waals surface area contributed by atoms with Crippen molar-refractivity contribution in [2.24, 2.45) is 0 Å². The molecule has 34 heavy (non-hydrogen) atoms. The van der Waals surface area contributed by atoms with E-state index in [1.807, 2.05) is 31.2 Å². The Balaban J connectivity index is 1.59. The number of hydrogen-bond acceptors (Lipinski definition) is 6. The lowest BCUT2D eigenvalue weighted by Gasteiger charge is -2.26. The highest BCUT2D eigenvalue weighted by Gasteiger charge is 2.36. The summed E-state index contributed by atoms with van der Waals surface area (Å²) in [7, 11) is 1.50. The van der Waals surface area contributed by atoms with Gasteiger partial charge >= 0.3 is 6.03 Å². The van der Waals surface area contributed by atoms with Gasteiger partial charge in [0.2, 0.25) is 0 Å². The number of carbonyl (C=O) groups excluding carboxylic acids is 3. The van der Waals surface area contributed by atoms with Crippen LogP contribution in [-0.4, -0.2) is 30.1 Å². The summed E-state index contributed by atoms with van der Waals surface area (Å²) in [4.78, 5) is 38.6. The molecule has 1 aliphatic rings. The van der Waals surface area contributed by atoms with Crippen LogP contribution in [0.25, 0.3) is 6.08 Å². The standard InChI is InChI=1S/C26H22N2O6/c1-16-4-3-5-18(12-16)15-34-22-11-6-17(14-23(22)33-2)13-21-24(30)27-26(32)28(25(21)31)19-7-9-20(29)10-8-19/h3-14,29H,15H2,1-2H3,(H,27,30,32)/b21-13+. The molecule has 0 bridgehead atoms. The van der Waals surface area contributed by atoms with Crippen molar-refractivity contribution >= 4 is 29.6 Å². The Bertz CT molecular complexity index is 1300. The first kappa shape index (κ1) is 22.6. The summed E-state index contributed by atoms with van der Waals surface area (Å²) in [5, 5.41) is 11.6. The molecule has 8 heteroatoms. The van der Waals surface area contributed by atoms with Gasteiger partial charge in [0.25, 0.3) is 11.8 Å². The fraction of sp³-hybridized carbons (Fsp3) is 0.115. The summed E-state index contributed by atoms with van der Waals surface area (Å²) in [5.41, 5.74) is 2.65. The van der Waals surface area contributed by atoms with Gasteiger partial charge in [0, 0.05) is 0 Å². The van der Waals surface area contributed by atoms with Crippen LogP contribution in [0.3, 0.4) is 0 Å². The van der Waals surface area contributed by atoms with E-state index in [1.165, 1.54) is 37.5 Å². The first-order valence-electron chi connectivity index (χ1n) is 10.4. The molecule has 3 aromatic rings. The van der Waals surface area contributed by atoms with E-state index >= 15 is 0 Å². The number of phenols is 1. The van der Waals surface area contributed by atoms with Gasteiger partial charge in [-0.1, -0.05) is 35.9 Å². The molecular weight excluding hydrogens is 436 g/mol. The van der Waals surface area contributed by atoms with E-state index in [1.54, 1.807) is 18.2 Å².